The molecule has 0 radical (unpaired) electrons. The lowest BCUT2D eigenvalue weighted by Crippen LogP contribution is -2.52. The van der Waals surface area contributed by atoms with E-state index in [9.17, 15) is 22.8 Å². The summed E-state index contributed by atoms with van der Waals surface area (Å²) in [5.41, 5.74) is 0.0350. The highest BCUT2D eigenvalue weighted by molar-refractivity contribution is 7.89. The fraction of sp³-hybridized carbons (Fsp3) is 0.348. The molecule has 2 aromatic carbocycles. The van der Waals surface area contributed by atoms with Crippen LogP contribution in [0.5, 0.6) is 0 Å². The van der Waals surface area contributed by atoms with E-state index in [0.29, 0.717) is 36.8 Å². The van der Waals surface area contributed by atoms with Crippen LogP contribution in [0.15, 0.2) is 53.4 Å². The van der Waals surface area contributed by atoms with Crippen molar-refractivity contribution in [3.63, 3.8) is 0 Å². The van der Waals surface area contributed by atoms with Gasteiger partial charge in [0, 0.05) is 5.56 Å². The summed E-state index contributed by atoms with van der Waals surface area (Å²) in [6.45, 7) is 3.92. The molecule has 1 atom stereocenters. The number of rotatable bonds is 7. The second-order valence-electron chi connectivity index (χ2n) is 7.82. The molecule has 31 heavy (non-hydrogen) atoms. The topological polar surface area (TPSA) is 123 Å². The SMILES string of the molecule is CCCC1(CCC)C(=O)C(C(=O)Nc2ccccc2S(N)(=O)=O)C(=O)c2ccccc21. The number of para-hydroxylation sites is 1. The molecule has 0 aromatic heterocycles. The lowest BCUT2D eigenvalue weighted by molar-refractivity contribution is -0.134. The van der Waals surface area contributed by atoms with Gasteiger partial charge in [0.05, 0.1) is 11.1 Å². The summed E-state index contributed by atoms with van der Waals surface area (Å²) in [6.07, 6.45) is 2.44. The standard InChI is InChI=1S/C23H26N2O5S/c1-3-13-23(14-4-2)16-10-6-5-9-15(16)20(26)19(21(23)27)22(28)25-17-11-7-8-12-18(17)31(24,29)30/h5-12,19H,3-4,13-14H2,1-2H3,(H,25,28)(H2,24,29,30). The lowest BCUT2D eigenvalue weighted by atomic mass is 9.60. The zero-order valence-electron chi connectivity index (χ0n) is 17.6. The van der Waals surface area contributed by atoms with E-state index in [1.807, 2.05) is 13.8 Å². The van der Waals surface area contributed by atoms with Crippen LogP contribution in [0.25, 0.3) is 0 Å². The van der Waals surface area contributed by atoms with Crippen LogP contribution < -0.4 is 10.5 Å². The Morgan fingerprint density at radius 2 is 1.58 bits per heavy atom. The van der Waals surface area contributed by atoms with Crippen molar-refractivity contribution in [3.05, 3.63) is 59.7 Å². The molecular weight excluding hydrogens is 416 g/mol. The Kier molecular flexibility index (Phi) is 6.43. The van der Waals surface area contributed by atoms with Crippen LogP contribution in [0.2, 0.25) is 0 Å². The van der Waals surface area contributed by atoms with Crippen molar-refractivity contribution in [1.82, 2.24) is 0 Å². The summed E-state index contributed by atoms with van der Waals surface area (Å²) in [4.78, 5) is 39.8. The Morgan fingerprint density at radius 1 is 1.00 bits per heavy atom. The average Bonchev–Trinajstić information content (AvgIpc) is 2.72. The van der Waals surface area contributed by atoms with Gasteiger partial charge in [-0.1, -0.05) is 63.1 Å². The van der Waals surface area contributed by atoms with Crippen LogP contribution in [-0.2, 0) is 25.0 Å². The first kappa shape index (κ1) is 22.8. The molecule has 0 spiro atoms. The minimum atomic E-state index is -4.11. The quantitative estimate of drug-likeness (QED) is 0.638. The number of sulfonamides is 1. The molecule has 3 N–H and O–H groups in total. The summed E-state index contributed by atoms with van der Waals surface area (Å²) in [5.74, 6) is -3.42. The van der Waals surface area contributed by atoms with Crippen molar-refractivity contribution in [3.8, 4) is 0 Å². The Morgan fingerprint density at radius 3 is 2.19 bits per heavy atom. The fourth-order valence-electron chi connectivity index (χ4n) is 4.55. The molecule has 8 heteroatoms. The van der Waals surface area contributed by atoms with Gasteiger partial charge in [-0.25, -0.2) is 13.6 Å². The number of hydrogen-bond donors (Lipinski definition) is 2. The minimum Gasteiger partial charge on any atom is -0.324 e. The third kappa shape index (κ3) is 4.05. The maximum atomic E-state index is 13.7. The summed E-state index contributed by atoms with van der Waals surface area (Å²) >= 11 is 0. The summed E-state index contributed by atoms with van der Waals surface area (Å²) in [5, 5.41) is 7.70. The molecule has 0 saturated carbocycles. The monoisotopic (exact) mass is 442 g/mol. The van der Waals surface area contributed by atoms with Crippen LogP contribution in [0.1, 0.15) is 55.5 Å². The van der Waals surface area contributed by atoms with E-state index in [4.69, 9.17) is 5.14 Å². The zero-order valence-corrected chi connectivity index (χ0v) is 18.4. The van der Waals surface area contributed by atoms with E-state index < -0.39 is 38.8 Å². The molecule has 1 aliphatic rings. The van der Waals surface area contributed by atoms with Gasteiger partial charge in [0.1, 0.15) is 4.90 Å². The first-order valence-electron chi connectivity index (χ1n) is 10.3. The van der Waals surface area contributed by atoms with Crippen LogP contribution in [0.4, 0.5) is 5.69 Å². The number of carbonyl (C=O) groups is 3. The Balaban J connectivity index is 2.09. The average molecular weight is 443 g/mol. The van der Waals surface area contributed by atoms with Crippen LogP contribution >= 0.6 is 0 Å². The molecule has 0 fully saturated rings. The van der Waals surface area contributed by atoms with Crippen molar-refractivity contribution in [2.75, 3.05) is 5.32 Å². The number of anilines is 1. The number of benzene rings is 2. The molecule has 7 nitrogen and oxygen atoms in total. The fourth-order valence-corrected chi connectivity index (χ4v) is 5.25. The third-order valence-corrected chi connectivity index (χ3v) is 6.74. The zero-order chi connectivity index (χ0) is 22.8. The van der Waals surface area contributed by atoms with E-state index in [-0.39, 0.29) is 10.6 Å². The maximum Gasteiger partial charge on any atom is 0.242 e. The number of nitrogens with two attached hydrogens (primary N) is 1. The maximum absolute atomic E-state index is 13.7. The van der Waals surface area contributed by atoms with E-state index in [1.54, 1.807) is 24.3 Å². The number of primary sulfonamides is 1. The molecule has 0 bridgehead atoms. The molecule has 3 rings (SSSR count). The van der Waals surface area contributed by atoms with Gasteiger partial charge in [0.2, 0.25) is 15.9 Å². The first-order chi connectivity index (χ1) is 14.7. The van der Waals surface area contributed by atoms with Gasteiger partial charge in [-0.2, -0.15) is 0 Å². The van der Waals surface area contributed by atoms with Crippen LogP contribution in [0, 0.1) is 5.92 Å². The highest BCUT2D eigenvalue weighted by Crippen LogP contribution is 2.44. The van der Waals surface area contributed by atoms with Gasteiger partial charge in [-0.3, -0.25) is 14.4 Å². The van der Waals surface area contributed by atoms with E-state index in [1.165, 1.54) is 24.3 Å². The van der Waals surface area contributed by atoms with Gasteiger partial charge < -0.3 is 5.32 Å². The Bertz CT molecular complexity index is 1130. The molecule has 0 aliphatic heterocycles. The van der Waals surface area contributed by atoms with Gasteiger partial charge in [-0.15, -0.1) is 0 Å². The molecule has 1 amide bonds. The predicted octanol–water partition coefficient (Wildman–Crippen LogP) is 3.19. The Hall–Kier alpha value is -2.84. The molecule has 0 heterocycles. The number of Topliss-reactive ketones (excluding diaryl/α,β-unsaturated/α-hetero) is 2. The molecule has 164 valence electrons. The van der Waals surface area contributed by atoms with E-state index >= 15 is 0 Å². The number of hydrogen-bond acceptors (Lipinski definition) is 5. The number of amides is 1. The van der Waals surface area contributed by atoms with Crippen molar-refractivity contribution >= 4 is 33.2 Å². The second-order valence-corrected chi connectivity index (χ2v) is 9.35. The van der Waals surface area contributed by atoms with E-state index in [0.717, 1.165) is 0 Å². The molecular formula is C23H26N2O5S. The molecule has 1 unspecified atom stereocenters. The lowest BCUT2D eigenvalue weighted by Gasteiger charge is -2.40. The van der Waals surface area contributed by atoms with Crippen LogP contribution in [-0.4, -0.2) is 25.9 Å². The summed E-state index contributed by atoms with van der Waals surface area (Å²) in [7, 11) is -4.11. The number of ketones is 2. The summed E-state index contributed by atoms with van der Waals surface area (Å²) in [6, 6.07) is 12.6. The van der Waals surface area contributed by atoms with Gasteiger partial charge >= 0.3 is 0 Å². The van der Waals surface area contributed by atoms with Gasteiger partial charge in [-0.05, 0) is 30.5 Å². The van der Waals surface area contributed by atoms with Gasteiger partial charge in [0.15, 0.2) is 17.5 Å². The molecule has 0 saturated heterocycles. The minimum absolute atomic E-state index is 0.0639. The molecule has 1 aliphatic carbocycles. The van der Waals surface area contributed by atoms with Gasteiger partial charge in [0.25, 0.3) is 0 Å². The smallest absolute Gasteiger partial charge is 0.242 e. The number of nitrogens with one attached hydrogen (secondary N) is 1. The normalized spacial score (nSPS) is 17.8. The highest BCUT2D eigenvalue weighted by atomic mass is 32.2. The summed E-state index contributed by atoms with van der Waals surface area (Å²) < 4.78 is 23.7. The van der Waals surface area contributed by atoms with Crippen molar-refractivity contribution in [2.24, 2.45) is 11.1 Å². The third-order valence-electron chi connectivity index (χ3n) is 5.77. The van der Waals surface area contributed by atoms with Crippen LogP contribution in [0.3, 0.4) is 0 Å². The van der Waals surface area contributed by atoms with Crippen molar-refractivity contribution < 1.29 is 22.8 Å². The second kappa shape index (κ2) is 8.72. The predicted molar refractivity (Wildman–Crippen MR) is 117 cm³/mol. The first-order valence-corrected chi connectivity index (χ1v) is 11.8. The van der Waals surface area contributed by atoms with Crippen molar-refractivity contribution in [2.45, 2.75) is 49.8 Å². The van der Waals surface area contributed by atoms with Crippen molar-refractivity contribution in [1.29, 1.82) is 0 Å². The highest BCUT2D eigenvalue weighted by Gasteiger charge is 2.53. The molecule has 2 aromatic rings. The number of fused-ring (bicyclic) bond motifs is 1. The number of carbonyl (C=O) groups excluding carboxylic acids is 3. The Labute approximate surface area is 182 Å². The van der Waals surface area contributed by atoms with E-state index in [2.05, 4.69) is 5.32 Å². The largest absolute Gasteiger partial charge is 0.324 e.